The predicted octanol–water partition coefficient (Wildman–Crippen LogP) is 5.34. The summed E-state index contributed by atoms with van der Waals surface area (Å²) in [6, 6.07) is 6.39. The van der Waals surface area contributed by atoms with Crippen molar-refractivity contribution in [2.75, 3.05) is 12.1 Å². The molecule has 0 bridgehead atoms. The Morgan fingerprint density at radius 2 is 1.81 bits per heavy atom. The molecule has 1 N–H and O–H groups in total. The van der Waals surface area contributed by atoms with Crippen molar-refractivity contribution >= 4 is 49.1 Å². The van der Waals surface area contributed by atoms with E-state index in [1.807, 2.05) is 12.1 Å². The number of hydrogen-bond donors (Lipinski definition) is 1. The monoisotopic (exact) mass is 435 g/mol. The number of halogens is 4. The maximum atomic E-state index is 13.2. The number of rotatable bonds is 3. The summed E-state index contributed by atoms with van der Waals surface area (Å²) >= 11 is 12.8. The lowest BCUT2D eigenvalue weighted by atomic mass is 10.2. The van der Waals surface area contributed by atoms with E-state index in [0.717, 1.165) is 10.0 Å². The molecule has 3 nitrogen and oxygen atoms in total. The molecule has 2 aromatic rings. The van der Waals surface area contributed by atoms with Crippen LogP contribution in [0.5, 0.6) is 11.5 Å². The zero-order chi connectivity index (χ0) is 15.0. The van der Waals surface area contributed by atoms with Crippen molar-refractivity contribution in [2.24, 2.45) is 0 Å². The van der Waals surface area contributed by atoms with Crippen LogP contribution in [0, 0.1) is 5.82 Å². The van der Waals surface area contributed by atoms with Crippen LogP contribution < -0.4 is 14.8 Å². The Morgan fingerprint density at radius 3 is 2.52 bits per heavy atom. The Hall–Kier alpha value is -0.980. The first-order chi connectivity index (χ1) is 10.0. The molecule has 1 aliphatic heterocycles. The molecular formula is C14H9Br2ClFNO2. The molecule has 0 unspecified atom stereocenters. The van der Waals surface area contributed by atoms with Gasteiger partial charge in [-0.25, -0.2) is 4.39 Å². The summed E-state index contributed by atoms with van der Waals surface area (Å²) in [4.78, 5) is 0. The topological polar surface area (TPSA) is 30.5 Å². The molecule has 0 aliphatic carbocycles. The Labute approximate surface area is 142 Å². The molecule has 0 saturated heterocycles. The molecule has 110 valence electrons. The summed E-state index contributed by atoms with van der Waals surface area (Å²) in [7, 11) is 0. The van der Waals surface area contributed by atoms with Crippen LogP contribution in [0.4, 0.5) is 10.1 Å². The van der Waals surface area contributed by atoms with E-state index in [1.54, 1.807) is 0 Å². The van der Waals surface area contributed by atoms with E-state index in [4.69, 9.17) is 21.1 Å². The Kier molecular flexibility index (Phi) is 4.28. The van der Waals surface area contributed by atoms with Crippen LogP contribution in [0.15, 0.2) is 33.2 Å². The zero-order valence-electron chi connectivity index (χ0n) is 10.6. The number of benzene rings is 2. The molecule has 0 spiro atoms. The maximum Gasteiger partial charge on any atom is 0.231 e. The lowest BCUT2D eigenvalue weighted by Gasteiger charge is -2.12. The molecule has 0 saturated carbocycles. The van der Waals surface area contributed by atoms with Crippen molar-refractivity contribution in [3.05, 3.63) is 49.6 Å². The third-order valence-corrected chi connectivity index (χ3v) is 4.67. The minimum absolute atomic E-state index is 0.230. The van der Waals surface area contributed by atoms with Gasteiger partial charge >= 0.3 is 0 Å². The lowest BCUT2D eigenvalue weighted by Crippen LogP contribution is -2.02. The average molecular weight is 437 g/mol. The highest BCUT2D eigenvalue weighted by molar-refractivity contribution is 9.11. The van der Waals surface area contributed by atoms with Crippen LogP contribution >= 0.6 is 43.5 Å². The second-order valence-electron chi connectivity index (χ2n) is 4.39. The van der Waals surface area contributed by atoms with Crippen LogP contribution in [0.1, 0.15) is 5.56 Å². The van der Waals surface area contributed by atoms with Gasteiger partial charge in [0, 0.05) is 15.5 Å². The standard InChI is InChI=1S/C14H9Br2ClFNO2/c15-9-4-13-12(20-6-21-13)1-7(9)5-19-14-10(16)2-8(18)3-11(14)17/h1-4,19H,5-6H2. The van der Waals surface area contributed by atoms with Gasteiger partial charge in [-0.05, 0) is 45.8 Å². The molecule has 0 amide bonds. The number of nitrogens with one attached hydrogen (secondary N) is 1. The lowest BCUT2D eigenvalue weighted by molar-refractivity contribution is 0.174. The van der Waals surface area contributed by atoms with E-state index in [9.17, 15) is 4.39 Å². The largest absolute Gasteiger partial charge is 0.454 e. The van der Waals surface area contributed by atoms with Gasteiger partial charge in [-0.1, -0.05) is 27.5 Å². The van der Waals surface area contributed by atoms with E-state index in [-0.39, 0.29) is 12.6 Å². The van der Waals surface area contributed by atoms with Gasteiger partial charge in [0.05, 0.1) is 10.7 Å². The first-order valence-corrected chi connectivity index (χ1v) is 7.97. The number of fused-ring (bicyclic) bond motifs is 1. The molecular weight excluding hydrogens is 428 g/mol. The van der Waals surface area contributed by atoms with Gasteiger partial charge in [0.2, 0.25) is 6.79 Å². The predicted molar refractivity (Wildman–Crippen MR) is 86.7 cm³/mol. The second kappa shape index (κ2) is 6.02. The summed E-state index contributed by atoms with van der Waals surface area (Å²) in [5.74, 6) is 1.03. The van der Waals surface area contributed by atoms with Gasteiger partial charge in [-0.2, -0.15) is 0 Å². The maximum absolute atomic E-state index is 13.2. The molecule has 0 radical (unpaired) electrons. The van der Waals surface area contributed by atoms with Crippen molar-refractivity contribution in [1.82, 2.24) is 0 Å². The van der Waals surface area contributed by atoms with E-state index in [0.29, 0.717) is 33.2 Å². The molecule has 2 aromatic carbocycles. The summed E-state index contributed by atoms with van der Waals surface area (Å²) in [5, 5.41) is 3.50. The molecule has 0 atom stereocenters. The quantitative estimate of drug-likeness (QED) is 0.703. The van der Waals surface area contributed by atoms with Gasteiger partial charge < -0.3 is 14.8 Å². The Morgan fingerprint density at radius 1 is 1.10 bits per heavy atom. The minimum Gasteiger partial charge on any atom is -0.454 e. The third kappa shape index (κ3) is 3.12. The van der Waals surface area contributed by atoms with Gasteiger partial charge in [0.25, 0.3) is 0 Å². The fourth-order valence-electron chi connectivity index (χ4n) is 1.99. The van der Waals surface area contributed by atoms with Crippen molar-refractivity contribution in [3.8, 4) is 11.5 Å². The third-order valence-electron chi connectivity index (χ3n) is 3.00. The van der Waals surface area contributed by atoms with E-state index in [2.05, 4.69) is 37.2 Å². The molecule has 1 heterocycles. The van der Waals surface area contributed by atoms with Crippen LogP contribution in [0.25, 0.3) is 0 Å². The highest BCUT2D eigenvalue weighted by Crippen LogP contribution is 2.38. The molecule has 21 heavy (non-hydrogen) atoms. The molecule has 0 aromatic heterocycles. The van der Waals surface area contributed by atoms with Gasteiger partial charge in [0.1, 0.15) is 5.82 Å². The summed E-state index contributed by atoms with van der Waals surface area (Å²) < 4.78 is 25.3. The zero-order valence-corrected chi connectivity index (χ0v) is 14.5. The number of anilines is 1. The van der Waals surface area contributed by atoms with Crippen LogP contribution in [-0.4, -0.2) is 6.79 Å². The van der Waals surface area contributed by atoms with Crippen molar-refractivity contribution in [2.45, 2.75) is 6.54 Å². The van der Waals surface area contributed by atoms with Gasteiger partial charge in [-0.15, -0.1) is 0 Å². The summed E-state index contributed by atoms with van der Waals surface area (Å²) in [5.41, 5.74) is 1.62. The summed E-state index contributed by atoms with van der Waals surface area (Å²) in [6.45, 7) is 0.731. The molecule has 0 fully saturated rings. The first kappa shape index (κ1) is 14.9. The number of hydrogen-bond acceptors (Lipinski definition) is 3. The van der Waals surface area contributed by atoms with Crippen LogP contribution in [-0.2, 0) is 6.54 Å². The fourth-order valence-corrected chi connectivity index (χ4v) is 3.41. The van der Waals surface area contributed by atoms with E-state index < -0.39 is 0 Å². The SMILES string of the molecule is Fc1cc(Cl)c(NCc2cc3c(cc2Br)OCO3)c(Br)c1. The molecule has 1 aliphatic rings. The van der Waals surface area contributed by atoms with Crippen molar-refractivity contribution < 1.29 is 13.9 Å². The van der Waals surface area contributed by atoms with Gasteiger partial charge in [0.15, 0.2) is 11.5 Å². The van der Waals surface area contributed by atoms with E-state index in [1.165, 1.54) is 12.1 Å². The average Bonchev–Trinajstić information content (AvgIpc) is 2.84. The Bertz CT molecular complexity index is 689. The fraction of sp³-hybridized carbons (Fsp3) is 0.143. The highest BCUT2D eigenvalue weighted by atomic mass is 79.9. The first-order valence-electron chi connectivity index (χ1n) is 6.01. The van der Waals surface area contributed by atoms with E-state index >= 15 is 0 Å². The minimum atomic E-state index is -0.387. The second-order valence-corrected chi connectivity index (χ2v) is 6.51. The molecule has 3 rings (SSSR count). The normalized spacial score (nSPS) is 12.6. The Balaban J connectivity index is 1.83. The highest BCUT2D eigenvalue weighted by Gasteiger charge is 2.16. The van der Waals surface area contributed by atoms with Crippen LogP contribution in [0.3, 0.4) is 0 Å². The summed E-state index contributed by atoms with van der Waals surface area (Å²) in [6.07, 6.45) is 0. The number of ether oxygens (including phenoxy) is 2. The van der Waals surface area contributed by atoms with Gasteiger partial charge in [-0.3, -0.25) is 0 Å². The van der Waals surface area contributed by atoms with Crippen molar-refractivity contribution in [1.29, 1.82) is 0 Å². The smallest absolute Gasteiger partial charge is 0.231 e. The van der Waals surface area contributed by atoms with Crippen molar-refractivity contribution in [3.63, 3.8) is 0 Å². The van der Waals surface area contributed by atoms with Crippen LogP contribution in [0.2, 0.25) is 5.02 Å². The molecule has 7 heteroatoms.